The number of para-hydroxylation sites is 1. The van der Waals surface area contributed by atoms with E-state index in [4.69, 9.17) is 9.63 Å². The lowest BCUT2D eigenvalue weighted by Gasteiger charge is -2.05. The zero-order chi connectivity index (χ0) is 22.0. The van der Waals surface area contributed by atoms with Gasteiger partial charge in [0.25, 0.3) is 5.89 Å². The van der Waals surface area contributed by atoms with Crippen LogP contribution in [0, 0.1) is 0 Å². The van der Waals surface area contributed by atoms with Crippen molar-refractivity contribution in [2.24, 2.45) is 0 Å². The van der Waals surface area contributed by atoms with E-state index in [0.717, 1.165) is 29.6 Å². The highest BCUT2D eigenvalue weighted by Crippen LogP contribution is 2.47. The van der Waals surface area contributed by atoms with Crippen molar-refractivity contribution in [2.75, 3.05) is 0 Å². The lowest BCUT2D eigenvalue weighted by molar-refractivity contribution is -0.286. The van der Waals surface area contributed by atoms with Gasteiger partial charge in [0.1, 0.15) is 0 Å². The average molecular weight is 439 g/mol. The normalized spacial score (nSPS) is 18.2. The van der Waals surface area contributed by atoms with Crippen LogP contribution < -0.4 is 9.47 Å². The lowest BCUT2D eigenvalue weighted by atomic mass is 10.0. The van der Waals surface area contributed by atoms with Crippen molar-refractivity contribution in [1.29, 1.82) is 0 Å². The third-order valence-corrected chi connectivity index (χ3v) is 5.82. The third kappa shape index (κ3) is 2.90. The molecule has 4 aromatic rings. The zero-order valence-electron chi connectivity index (χ0n) is 16.4. The molecule has 0 saturated carbocycles. The minimum absolute atomic E-state index is 0.0133. The van der Waals surface area contributed by atoms with Gasteiger partial charge in [-0.15, -0.1) is 8.78 Å². The summed E-state index contributed by atoms with van der Waals surface area (Å²) in [6.45, 7) is 0.772. The number of fused-ring (bicyclic) bond motifs is 4. The topological polar surface area (TPSA) is 99.6 Å². The molecule has 1 N–H and O–H groups in total. The second-order valence-corrected chi connectivity index (χ2v) is 7.80. The Morgan fingerprint density at radius 1 is 1.22 bits per heavy atom. The molecule has 0 fully saturated rings. The number of carbonyl (C=O) groups is 1. The molecule has 0 amide bonds. The second kappa shape index (κ2) is 6.52. The lowest BCUT2D eigenvalue weighted by Crippen LogP contribution is -2.26. The molecule has 0 saturated heterocycles. The highest BCUT2D eigenvalue weighted by Gasteiger charge is 2.45. The molecule has 0 aliphatic carbocycles. The minimum Gasteiger partial charge on any atom is -0.481 e. The maximum atomic E-state index is 13.5. The van der Waals surface area contributed by atoms with Gasteiger partial charge >= 0.3 is 12.3 Å². The average Bonchev–Trinajstić information content (AvgIpc) is 3.49. The van der Waals surface area contributed by atoms with Crippen molar-refractivity contribution < 1.29 is 32.7 Å². The fourth-order valence-corrected chi connectivity index (χ4v) is 4.46. The van der Waals surface area contributed by atoms with Crippen molar-refractivity contribution >= 4 is 16.9 Å². The summed E-state index contributed by atoms with van der Waals surface area (Å²) < 4.78 is 43.5. The number of aromatic nitrogens is 3. The van der Waals surface area contributed by atoms with Crippen molar-refractivity contribution in [1.82, 2.24) is 14.7 Å². The highest BCUT2D eigenvalue weighted by molar-refractivity contribution is 5.86. The molecule has 2 aliphatic rings. The van der Waals surface area contributed by atoms with E-state index in [-0.39, 0.29) is 35.3 Å². The number of carboxylic acids is 1. The Morgan fingerprint density at radius 2 is 2.09 bits per heavy atom. The monoisotopic (exact) mass is 439 g/mol. The fraction of sp³-hybridized carbons (Fsp3) is 0.227. The molecule has 2 aliphatic heterocycles. The number of halogens is 2. The van der Waals surface area contributed by atoms with Crippen LogP contribution in [0.2, 0.25) is 0 Å². The molecule has 2 aromatic carbocycles. The van der Waals surface area contributed by atoms with Crippen molar-refractivity contribution in [3.8, 4) is 34.3 Å². The SMILES string of the molecule is O=C(O)C[C@H]1CCn2c1cc1cc(-c3noc(-c4cccc5c4OC(F)(F)O5)n3)ccc12. The summed E-state index contributed by atoms with van der Waals surface area (Å²) >= 11 is 0. The molecule has 10 heteroatoms. The Kier molecular flexibility index (Phi) is 3.83. The number of rotatable bonds is 4. The molecule has 0 bridgehead atoms. The molecular formula is C22H15F2N3O5. The summed E-state index contributed by atoms with van der Waals surface area (Å²) in [7, 11) is 0. The fourth-order valence-electron chi connectivity index (χ4n) is 4.46. The van der Waals surface area contributed by atoms with Crippen LogP contribution in [0.3, 0.4) is 0 Å². The van der Waals surface area contributed by atoms with E-state index in [1.54, 1.807) is 0 Å². The number of carboxylic acid groups (broad SMARTS) is 1. The Labute approximate surface area is 179 Å². The van der Waals surface area contributed by atoms with Gasteiger partial charge in [-0.2, -0.15) is 4.98 Å². The number of aliphatic carboxylic acids is 1. The van der Waals surface area contributed by atoms with Gasteiger partial charge in [-0.3, -0.25) is 4.79 Å². The third-order valence-electron chi connectivity index (χ3n) is 5.82. The Balaban J connectivity index is 1.35. The Hall–Kier alpha value is -3.95. The molecule has 162 valence electrons. The van der Waals surface area contributed by atoms with Gasteiger partial charge in [0, 0.05) is 34.6 Å². The van der Waals surface area contributed by atoms with Crippen molar-refractivity contribution in [3.63, 3.8) is 0 Å². The van der Waals surface area contributed by atoms with Gasteiger partial charge < -0.3 is 23.7 Å². The maximum absolute atomic E-state index is 13.5. The van der Waals surface area contributed by atoms with Gasteiger partial charge in [0.05, 0.1) is 12.0 Å². The molecule has 32 heavy (non-hydrogen) atoms. The summed E-state index contributed by atoms with van der Waals surface area (Å²) in [5, 5.41) is 14.1. The summed E-state index contributed by atoms with van der Waals surface area (Å²) in [5.41, 5.74) is 2.90. The molecule has 0 radical (unpaired) electrons. The number of hydrogen-bond acceptors (Lipinski definition) is 6. The number of hydrogen-bond donors (Lipinski definition) is 1. The van der Waals surface area contributed by atoms with E-state index in [1.165, 1.54) is 18.2 Å². The largest absolute Gasteiger partial charge is 0.586 e. The van der Waals surface area contributed by atoms with Crippen molar-refractivity contribution in [3.05, 3.63) is 48.2 Å². The van der Waals surface area contributed by atoms with E-state index in [2.05, 4.69) is 24.2 Å². The van der Waals surface area contributed by atoms with Crippen LogP contribution >= 0.6 is 0 Å². The first-order valence-corrected chi connectivity index (χ1v) is 9.96. The predicted molar refractivity (Wildman–Crippen MR) is 106 cm³/mol. The summed E-state index contributed by atoms with van der Waals surface area (Å²) in [6, 6.07) is 12.1. The van der Waals surface area contributed by atoms with Gasteiger partial charge in [-0.1, -0.05) is 11.2 Å². The van der Waals surface area contributed by atoms with E-state index >= 15 is 0 Å². The second-order valence-electron chi connectivity index (χ2n) is 7.80. The van der Waals surface area contributed by atoms with Crippen LogP contribution in [-0.2, 0) is 11.3 Å². The first-order chi connectivity index (χ1) is 15.4. The van der Waals surface area contributed by atoms with E-state index in [0.29, 0.717) is 11.4 Å². The van der Waals surface area contributed by atoms with Crippen LogP contribution in [0.1, 0.15) is 24.5 Å². The predicted octanol–water partition coefficient (Wildman–Crippen LogP) is 4.64. The maximum Gasteiger partial charge on any atom is 0.586 e. The van der Waals surface area contributed by atoms with Crippen LogP contribution in [0.15, 0.2) is 47.0 Å². The van der Waals surface area contributed by atoms with Crippen molar-refractivity contribution in [2.45, 2.75) is 31.6 Å². The van der Waals surface area contributed by atoms with Gasteiger partial charge in [-0.05, 0) is 42.8 Å². The van der Waals surface area contributed by atoms with E-state index in [1.807, 2.05) is 24.3 Å². The molecule has 0 spiro atoms. The quantitative estimate of drug-likeness (QED) is 0.494. The van der Waals surface area contributed by atoms with Crippen LogP contribution in [-0.4, -0.2) is 32.1 Å². The van der Waals surface area contributed by atoms with Crippen LogP contribution in [0.5, 0.6) is 11.5 Å². The standard InChI is InChI=1S/C22H15F2N3O5/c23-22(24)30-17-3-1-2-14(19(17)31-22)21-25-20(26-32-21)12-4-5-15-13(8-12)9-16-11(10-18(28)29)6-7-27(15)16/h1-5,8-9,11H,6-7,10H2,(H,28,29)/t11-/m1/s1. The first kappa shape index (κ1) is 18.8. The van der Waals surface area contributed by atoms with Gasteiger partial charge in [0.2, 0.25) is 5.82 Å². The molecular weight excluding hydrogens is 424 g/mol. The first-order valence-electron chi connectivity index (χ1n) is 9.96. The molecule has 8 nitrogen and oxygen atoms in total. The van der Waals surface area contributed by atoms with Gasteiger partial charge in [-0.25, -0.2) is 0 Å². The number of benzene rings is 2. The molecule has 0 unspecified atom stereocenters. The smallest absolute Gasteiger partial charge is 0.481 e. The summed E-state index contributed by atoms with van der Waals surface area (Å²) in [5.74, 6) is -0.768. The molecule has 1 atom stereocenters. The number of ether oxygens (including phenoxy) is 2. The Morgan fingerprint density at radius 3 is 2.94 bits per heavy atom. The number of nitrogens with zero attached hydrogens (tertiary/aromatic N) is 3. The summed E-state index contributed by atoms with van der Waals surface area (Å²) in [4.78, 5) is 15.5. The van der Waals surface area contributed by atoms with E-state index < -0.39 is 12.3 Å². The highest BCUT2D eigenvalue weighted by atomic mass is 19.3. The molecule has 2 aromatic heterocycles. The zero-order valence-corrected chi connectivity index (χ0v) is 16.4. The number of alkyl halides is 2. The molecule has 6 rings (SSSR count). The van der Waals surface area contributed by atoms with Crippen LogP contribution in [0.25, 0.3) is 33.7 Å². The van der Waals surface area contributed by atoms with Gasteiger partial charge in [0.15, 0.2) is 11.5 Å². The van der Waals surface area contributed by atoms with Crippen LogP contribution in [0.4, 0.5) is 8.78 Å². The Bertz CT molecular complexity index is 1390. The number of aryl methyl sites for hydroxylation is 1. The molecule has 4 heterocycles. The summed E-state index contributed by atoms with van der Waals surface area (Å²) in [6.07, 6.45) is -2.84. The van der Waals surface area contributed by atoms with E-state index in [9.17, 15) is 13.6 Å². The minimum atomic E-state index is -3.75.